The molecule has 0 aliphatic rings. The van der Waals surface area contributed by atoms with Crippen molar-refractivity contribution in [3.8, 4) is 28.6 Å². The summed E-state index contributed by atoms with van der Waals surface area (Å²) in [5, 5.41) is 9.92. The number of nitrogens with zero attached hydrogens (tertiary/aromatic N) is 2. The smallest absolute Gasteiger partial charge is 0.267 e. The molecular formula is C22H17N3O4S. The van der Waals surface area contributed by atoms with Gasteiger partial charge in [0.15, 0.2) is 0 Å². The maximum atomic E-state index is 12.7. The number of benzene rings is 3. The molecule has 0 aliphatic carbocycles. The molecule has 7 nitrogen and oxygen atoms in total. The number of sulfonamides is 1. The first kappa shape index (κ1) is 19.4. The second-order valence-corrected chi connectivity index (χ2v) is 7.92. The van der Waals surface area contributed by atoms with Crippen LogP contribution in [0, 0.1) is 0 Å². The monoisotopic (exact) mass is 419 g/mol. The molecule has 2 N–H and O–H groups in total. The molecule has 3 aromatic carbocycles. The van der Waals surface area contributed by atoms with Crippen molar-refractivity contribution >= 4 is 16.0 Å². The highest BCUT2D eigenvalue weighted by Gasteiger charge is 2.20. The molecule has 0 spiro atoms. The van der Waals surface area contributed by atoms with Gasteiger partial charge in [-0.1, -0.05) is 60.7 Å². The first-order valence-corrected chi connectivity index (χ1v) is 10.5. The second kappa shape index (κ2) is 8.22. The first-order chi connectivity index (χ1) is 14.5. The molecule has 30 heavy (non-hydrogen) atoms. The number of para-hydroxylation sites is 2. The Bertz CT molecular complexity index is 1260. The van der Waals surface area contributed by atoms with Crippen LogP contribution in [-0.2, 0) is 10.0 Å². The molecule has 150 valence electrons. The number of aromatic hydroxyl groups is 1. The largest absolute Gasteiger partial charge is 0.507 e. The van der Waals surface area contributed by atoms with Crippen LogP contribution in [-0.4, -0.2) is 23.5 Å². The molecule has 0 amide bonds. The third-order valence-corrected chi connectivity index (χ3v) is 5.49. The SMILES string of the molecule is O=S(=O)(Nc1nc(Oc2ccccc2)cc(-c2ccccc2)n1)c1ccccc1O. The molecule has 0 atom stereocenters. The molecule has 0 fully saturated rings. The van der Waals surface area contributed by atoms with Crippen molar-refractivity contribution in [3.05, 3.63) is 91.0 Å². The average molecular weight is 419 g/mol. The van der Waals surface area contributed by atoms with Crippen molar-refractivity contribution in [1.82, 2.24) is 9.97 Å². The molecule has 0 saturated carbocycles. The van der Waals surface area contributed by atoms with E-state index in [1.54, 1.807) is 18.2 Å². The van der Waals surface area contributed by atoms with Gasteiger partial charge in [-0.05, 0) is 24.3 Å². The number of phenolic OH excluding ortho intramolecular Hbond substituents is 1. The third kappa shape index (κ3) is 4.39. The van der Waals surface area contributed by atoms with Gasteiger partial charge in [0.2, 0.25) is 11.8 Å². The van der Waals surface area contributed by atoms with Crippen LogP contribution in [0.5, 0.6) is 17.4 Å². The van der Waals surface area contributed by atoms with Crippen LogP contribution in [0.15, 0.2) is 95.9 Å². The van der Waals surface area contributed by atoms with Crippen LogP contribution in [0.3, 0.4) is 0 Å². The highest BCUT2D eigenvalue weighted by Crippen LogP contribution is 2.28. The van der Waals surface area contributed by atoms with Gasteiger partial charge in [0.1, 0.15) is 16.4 Å². The molecule has 0 radical (unpaired) electrons. The van der Waals surface area contributed by atoms with Gasteiger partial charge < -0.3 is 9.84 Å². The summed E-state index contributed by atoms with van der Waals surface area (Å²) in [6.45, 7) is 0. The zero-order valence-corrected chi connectivity index (χ0v) is 16.5. The molecule has 8 heteroatoms. The number of hydrogen-bond acceptors (Lipinski definition) is 6. The molecule has 1 aromatic heterocycles. The van der Waals surface area contributed by atoms with Gasteiger partial charge in [-0.2, -0.15) is 4.98 Å². The lowest BCUT2D eigenvalue weighted by Gasteiger charge is -2.12. The van der Waals surface area contributed by atoms with E-state index in [0.717, 1.165) is 5.56 Å². The number of anilines is 1. The van der Waals surface area contributed by atoms with Crippen molar-refractivity contribution in [1.29, 1.82) is 0 Å². The van der Waals surface area contributed by atoms with Gasteiger partial charge in [0, 0.05) is 11.6 Å². The van der Waals surface area contributed by atoms with Crippen LogP contribution in [0.25, 0.3) is 11.3 Å². The summed E-state index contributed by atoms with van der Waals surface area (Å²) >= 11 is 0. The lowest BCUT2D eigenvalue weighted by atomic mass is 10.1. The van der Waals surface area contributed by atoms with Crippen LogP contribution in [0.1, 0.15) is 0 Å². The Labute approximate surface area is 173 Å². The van der Waals surface area contributed by atoms with Gasteiger partial charge in [0.25, 0.3) is 10.0 Å². The predicted molar refractivity (Wildman–Crippen MR) is 113 cm³/mol. The maximum absolute atomic E-state index is 12.7. The van der Waals surface area contributed by atoms with Gasteiger partial charge in [-0.25, -0.2) is 18.1 Å². The van der Waals surface area contributed by atoms with E-state index in [4.69, 9.17) is 4.74 Å². The van der Waals surface area contributed by atoms with E-state index in [2.05, 4.69) is 14.7 Å². The van der Waals surface area contributed by atoms with Gasteiger partial charge >= 0.3 is 0 Å². The van der Waals surface area contributed by atoms with E-state index in [-0.39, 0.29) is 22.5 Å². The van der Waals surface area contributed by atoms with Crippen molar-refractivity contribution in [2.75, 3.05) is 4.72 Å². The minimum absolute atomic E-state index is 0.171. The van der Waals surface area contributed by atoms with E-state index in [1.165, 1.54) is 24.3 Å². The fourth-order valence-corrected chi connectivity index (χ4v) is 3.79. The molecule has 4 aromatic rings. The minimum atomic E-state index is -4.11. The van der Waals surface area contributed by atoms with Crippen LogP contribution < -0.4 is 9.46 Å². The van der Waals surface area contributed by atoms with E-state index in [0.29, 0.717) is 11.4 Å². The summed E-state index contributed by atoms with van der Waals surface area (Å²) in [4.78, 5) is 8.24. The average Bonchev–Trinajstić information content (AvgIpc) is 2.75. The topological polar surface area (TPSA) is 101 Å². The maximum Gasteiger partial charge on any atom is 0.267 e. The zero-order valence-electron chi connectivity index (χ0n) is 15.6. The van der Waals surface area contributed by atoms with E-state index >= 15 is 0 Å². The minimum Gasteiger partial charge on any atom is -0.507 e. The highest BCUT2D eigenvalue weighted by atomic mass is 32.2. The summed E-state index contributed by atoms with van der Waals surface area (Å²) in [5.74, 6) is 0.172. The van der Waals surface area contributed by atoms with E-state index in [1.807, 2.05) is 48.5 Å². The summed E-state index contributed by atoms with van der Waals surface area (Å²) in [7, 11) is -4.11. The molecule has 0 bridgehead atoms. The lowest BCUT2D eigenvalue weighted by molar-refractivity contribution is 0.459. The molecule has 0 saturated heterocycles. The second-order valence-electron chi connectivity index (χ2n) is 6.27. The van der Waals surface area contributed by atoms with Crippen molar-refractivity contribution in [3.63, 3.8) is 0 Å². The number of hydrogen-bond donors (Lipinski definition) is 2. The number of rotatable bonds is 6. The Kier molecular flexibility index (Phi) is 5.32. The van der Waals surface area contributed by atoms with Crippen molar-refractivity contribution in [2.45, 2.75) is 4.90 Å². The Morgan fingerprint density at radius 2 is 1.43 bits per heavy atom. The van der Waals surface area contributed by atoms with Crippen LogP contribution >= 0.6 is 0 Å². The lowest BCUT2D eigenvalue weighted by Crippen LogP contribution is -2.15. The summed E-state index contributed by atoms with van der Waals surface area (Å²) in [6, 6.07) is 25.5. The van der Waals surface area contributed by atoms with Crippen LogP contribution in [0.4, 0.5) is 5.95 Å². The van der Waals surface area contributed by atoms with Gasteiger partial charge in [-0.15, -0.1) is 0 Å². The fraction of sp³-hybridized carbons (Fsp3) is 0. The fourth-order valence-electron chi connectivity index (χ4n) is 2.75. The summed E-state index contributed by atoms with van der Waals surface area (Å²) in [5.41, 5.74) is 1.24. The molecular weight excluding hydrogens is 402 g/mol. The number of phenols is 1. The number of aromatic nitrogens is 2. The van der Waals surface area contributed by atoms with Crippen LogP contribution in [0.2, 0.25) is 0 Å². The number of nitrogens with one attached hydrogen (secondary N) is 1. The Hall–Kier alpha value is -3.91. The van der Waals surface area contributed by atoms with Gasteiger partial charge in [0.05, 0.1) is 5.69 Å². The molecule has 1 heterocycles. The number of ether oxygens (including phenoxy) is 1. The standard InChI is InChI=1S/C22H17N3O4S/c26-19-13-7-8-14-20(19)30(27,28)25-22-23-18(16-9-3-1-4-10-16)15-21(24-22)29-17-11-5-2-6-12-17/h1-15,26H,(H,23,24,25). The Balaban J connectivity index is 1.75. The highest BCUT2D eigenvalue weighted by molar-refractivity contribution is 7.92. The summed E-state index contributed by atoms with van der Waals surface area (Å²) < 4.78 is 33.6. The Morgan fingerprint density at radius 3 is 2.13 bits per heavy atom. The third-order valence-electron chi connectivity index (χ3n) is 4.12. The van der Waals surface area contributed by atoms with Crippen molar-refractivity contribution in [2.24, 2.45) is 0 Å². The normalized spacial score (nSPS) is 11.1. The summed E-state index contributed by atoms with van der Waals surface area (Å²) in [6.07, 6.45) is 0. The zero-order chi connectivity index (χ0) is 21.0. The molecule has 0 unspecified atom stereocenters. The van der Waals surface area contributed by atoms with E-state index < -0.39 is 10.0 Å². The van der Waals surface area contributed by atoms with Crippen molar-refractivity contribution < 1.29 is 18.3 Å². The quantitative estimate of drug-likeness (QED) is 0.479. The Morgan fingerprint density at radius 1 is 0.800 bits per heavy atom. The first-order valence-electron chi connectivity index (χ1n) is 8.99. The van der Waals surface area contributed by atoms with E-state index in [9.17, 15) is 13.5 Å². The predicted octanol–water partition coefficient (Wildman–Crippen LogP) is 4.44. The molecule has 0 aliphatic heterocycles. The van der Waals surface area contributed by atoms with Gasteiger partial charge in [-0.3, -0.25) is 0 Å². The molecule has 4 rings (SSSR count).